The van der Waals surface area contributed by atoms with Gasteiger partial charge in [-0.25, -0.2) is 0 Å². The summed E-state index contributed by atoms with van der Waals surface area (Å²) in [5.41, 5.74) is 0. The summed E-state index contributed by atoms with van der Waals surface area (Å²) in [7, 11) is 0. The van der Waals surface area contributed by atoms with Gasteiger partial charge in [-0.15, -0.1) is 11.0 Å². The molecule has 2 unspecified atom stereocenters. The van der Waals surface area contributed by atoms with Gasteiger partial charge in [-0.3, -0.25) is 0 Å². The monoisotopic (exact) mass is 229 g/mol. The van der Waals surface area contributed by atoms with Gasteiger partial charge in [0.05, 0.1) is 11.7 Å². The normalized spacial score (nSPS) is 14.5. The van der Waals surface area contributed by atoms with Crippen molar-refractivity contribution < 1.29 is 9.84 Å². The molecule has 0 radical (unpaired) electrons. The Morgan fingerprint density at radius 1 is 1.80 bits per heavy atom. The van der Waals surface area contributed by atoms with Gasteiger partial charge in [0.2, 0.25) is 5.88 Å². The Labute approximate surface area is 93.1 Å². The third-order valence-electron chi connectivity index (χ3n) is 1.79. The van der Waals surface area contributed by atoms with E-state index in [9.17, 15) is 5.11 Å². The van der Waals surface area contributed by atoms with Gasteiger partial charge in [0.25, 0.3) is 0 Å². The molecule has 0 fully saturated rings. The van der Waals surface area contributed by atoms with Crippen LogP contribution in [0.5, 0.6) is 5.88 Å². The van der Waals surface area contributed by atoms with E-state index >= 15 is 0 Å². The van der Waals surface area contributed by atoms with Crippen molar-refractivity contribution in [1.29, 1.82) is 0 Å². The van der Waals surface area contributed by atoms with Gasteiger partial charge in [-0.2, -0.15) is 4.37 Å². The van der Waals surface area contributed by atoms with Crippen LogP contribution in [0.25, 0.3) is 0 Å². The van der Waals surface area contributed by atoms with Crippen molar-refractivity contribution in [3.63, 3.8) is 0 Å². The van der Waals surface area contributed by atoms with Crippen LogP contribution >= 0.6 is 11.7 Å². The van der Waals surface area contributed by atoms with E-state index in [1.807, 2.05) is 6.92 Å². The predicted molar refractivity (Wildman–Crippen MR) is 59.1 cm³/mol. The maximum atomic E-state index is 9.53. The van der Waals surface area contributed by atoms with Gasteiger partial charge < -0.3 is 15.2 Å². The largest absolute Gasteiger partial charge is 0.473 e. The van der Waals surface area contributed by atoms with Gasteiger partial charge >= 0.3 is 0 Å². The van der Waals surface area contributed by atoms with Crippen LogP contribution in [0.15, 0.2) is 18.9 Å². The highest BCUT2D eigenvalue weighted by Crippen LogP contribution is 2.04. The lowest BCUT2D eigenvalue weighted by molar-refractivity contribution is 0.103. The number of hydrogen-bond donors (Lipinski definition) is 2. The number of nitrogens with zero attached hydrogens (tertiary/aromatic N) is 2. The minimum atomic E-state index is -0.561. The predicted octanol–water partition coefficient (Wildman–Crippen LogP) is 0.442. The molecule has 0 bridgehead atoms. The van der Waals surface area contributed by atoms with E-state index < -0.39 is 6.10 Å². The van der Waals surface area contributed by atoms with E-state index in [0.29, 0.717) is 12.4 Å². The molecule has 1 heterocycles. The molecule has 0 aliphatic carbocycles. The highest BCUT2D eigenvalue weighted by atomic mass is 32.1. The summed E-state index contributed by atoms with van der Waals surface area (Å²) >= 11 is 1.08. The molecule has 2 atom stereocenters. The van der Waals surface area contributed by atoms with Crippen molar-refractivity contribution >= 4 is 11.7 Å². The first-order valence-corrected chi connectivity index (χ1v) is 5.39. The third-order valence-corrected chi connectivity index (χ3v) is 2.25. The van der Waals surface area contributed by atoms with E-state index in [4.69, 9.17) is 4.74 Å². The summed E-state index contributed by atoms with van der Waals surface area (Å²) in [6.45, 7) is 6.27. The van der Waals surface area contributed by atoms with E-state index in [0.717, 1.165) is 11.7 Å². The molecular weight excluding hydrogens is 214 g/mol. The lowest BCUT2D eigenvalue weighted by Crippen LogP contribution is -2.35. The Morgan fingerprint density at radius 2 is 2.60 bits per heavy atom. The Morgan fingerprint density at radius 3 is 3.20 bits per heavy atom. The number of nitrogens with one attached hydrogen (secondary N) is 1. The summed E-state index contributed by atoms with van der Waals surface area (Å²) < 4.78 is 12.8. The summed E-state index contributed by atoms with van der Waals surface area (Å²) in [6.07, 6.45) is 2.74. The molecule has 0 aliphatic heterocycles. The molecule has 1 aromatic heterocycles. The molecule has 2 N–H and O–H groups in total. The first-order valence-electron chi connectivity index (χ1n) is 4.66. The van der Waals surface area contributed by atoms with Gasteiger partial charge in [0, 0.05) is 12.6 Å². The summed E-state index contributed by atoms with van der Waals surface area (Å²) in [6, 6.07) is 0.181. The third kappa shape index (κ3) is 4.87. The number of rotatable bonds is 7. The van der Waals surface area contributed by atoms with Crippen LogP contribution in [-0.4, -0.2) is 39.2 Å². The van der Waals surface area contributed by atoms with Crippen LogP contribution < -0.4 is 10.1 Å². The summed E-state index contributed by atoms with van der Waals surface area (Å²) in [5.74, 6) is 0.454. The second-order valence-corrected chi connectivity index (χ2v) is 3.70. The number of aromatic nitrogens is 2. The van der Waals surface area contributed by atoms with E-state index in [-0.39, 0.29) is 12.6 Å². The zero-order chi connectivity index (χ0) is 11.1. The minimum absolute atomic E-state index is 0.181. The first-order chi connectivity index (χ1) is 7.22. The molecule has 1 aromatic rings. The quantitative estimate of drug-likeness (QED) is 0.664. The Balaban J connectivity index is 2.13. The summed E-state index contributed by atoms with van der Waals surface area (Å²) in [5, 5.41) is 12.6. The molecule has 0 spiro atoms. The number of hydrogen-bond acceptors (Lipinski definition) is 6. The lowest BCUT2D eigenvalue weighted by atomic mass is 10.3. The number of ether oxygens (including phenoxy) is 1. The van der Waals surface area contributed by atoms with Crippen LogP contribution in [0.2, 0.25) is 0 Å². The van der Waals surface area contributed by atoms with Gasteiger partial charge in [0.1, 0.15) is 18.9 Å². The Bertz CT molecular complexity index is 279. The second-order valence-electron chi connectivity index (χ2n) is 3.14. The molecule has 0 amide bonds. The zero-order valence-electron chi connectivity index (χ0n) is 8.59. The van der Waals surface area contributed by atoms with Crippen molar-refractivity contribution in [2.24, 2.45) is 0 Å². The fourth-order valence-electron chi connectivity index (χ4n) is 0.865. The van der Waals surface area contributed by atoms with Gasteiger partial charge in [-0.05, 0) is 6.92 Å². The van der Waals surface area contributed by atoms with Crippen LogP contribution in [0.1, 0.15) is 6.92 Å². The zero-order valence-corrected chi connectivity index (χ0v) is 9.41. The van der Waals surface area contributed by atoms with Crippen LogP contribution in [-0.2, 0) is 0 Å². The van der Waals surface area contributed by atoms with Crippen molar-refractivity contribution in [2.75, 3.05) is 13.2 Å². The smallest absolute Gasteiger partial charge is 0.245 e. The average Bonchev–Trinajstić information content (AvgIpc) is 2.75. The molecule has 15 heavy (non-hydrogen) atoms. The first kappa shape index (κ1) is 12.1. The number of aliphatic hydroxyl groups is 1. The second kappa shape index (κ2) is 6.49. The molecule has 84 valence electrons. The molecule has 0 aromatic carbocycles. The molecule has 5 nitrogen and oxygen atoms in total. The molecule has 1 rings (SSSR count). The van der Waals surface area contributed by atoms with E-state index in [2.05, 4.69) is 20.6 Å². The fourth-order valence-corrected chi connectivity index (χ4v) is 1.23. The molecule has 0 saturated carbocycles. The molecular formula is C9H15N3O2S. The minimum Gasteiger partial charge on any atom is -0.473 e. The Hall–Kier alpha value is -0.980. The van der Waals surface area contributed by atoms with Crippen LogP contribution in [0, 0.1) is 0 Å². The summed E-state index contributed by atoms with van der Waals surface area (Å²) in [4.78, 5) is 0. The molecule has 6 heteroatoms. The van der Waals surface area contributed by atoms with Crippen molar-refractivity contribution in [1.82, 2.24) is 14.1 Å². The maximum absolute atomic E-state index is 9.53. The lowest BCUT2D eigenvalue weighted by Gasteiger charge is -2.14. The number of aliphatic hydroxyl groups excluding tert-OH is 1. The van der Waals surface area contributed by atoms with E-state index in [1.165, 1.54) is 6.20 Å². The molecule has 0 aliphatic rings. The van der Waals surface area contributed by atoms with E-state index in [1.54, 1.807) is 6.08 Å². The standard InChI is InChI=1S/C9H15N3O2S/c1-3-7(2)10-4-8(13)6-14-9-5-11-15-12-9/h3,5,7-8,10,13H,1,4,6H2,2H3. The maximum Gasteiger partial charge on any atom is 0.245 e. The van der Waals surface area contributed by atoms with Crippen molar-refractivity contribution in [3.8, 4) is 5.88 Å². The molecule has 0 saturated heterocycles. The average molecular weight is 229 g/mol. The van der Waals surface area contributed by atoms with Crippen molar-refractivity contribution in [2.45, 2.75) is 19.1 Å². The highest BCUT2D eigenvalue weighted by molar-refractivity contribution is 6.99. The Kier molecular flexibility index (Phi) is 5.23. The van der Waals surface area contributed by atoms with Crippen molar-refractivity contribution in [3.05, 3.63) is 18.9 Å². The highest BCUT2D eigenvalue weighted by Gasteiger charge is 2.07. The SMILES string of the molecule is C=CC(C)NCC(O)COc1cnsn1. The van der Waals surface area contributed by atoms with Gasteiger partial charge in [0.15, 0.2) is 0 Å². The van der Waals surface area contributed by atoms with Gasteiger partial charge in [-0.1, -0.05) is 6.08 Å². The van der Waals surface area contributed by atoms with Crippen LogP contribution in [0.4, 0.5) is 0 Å². The van der Waals surface area contributed by atoms with Crippen LogP contribution in [0.3, 0.4) is 0 Å². The topological polar surface area (TPSA) is 67.3 Å². The fraction of sp³-hybridized carbons (Fsp3) is 0.556.